The average Bonchev–Trinajstić information content (AvgIpc) is 2.41. The van der Waals surface area contributed by atoms with Gasteiger partial charge in [-0.15, -0.1) is 0 Å². The number of nitrogens with zero attached hydrogens (tertiary/aromatic N) is 2. The number of rotatable bonds is 3. The predicted molar refractivity (Wildman–Crippen MR) is 71.8 cm³/mol. The molecule has 1 atom stereocenters. The highest BCUT2D eigenvalue weighted by atomic mass is 19.1. The number of nitrogen functional groups attached to an aromatic ring is 1. The van der Waals surface area contributed by atoms with Crippen LogP contribution in [0.1, 0.15) is 24.2 Å². The van der Waals surface area contributed by atoms with Crippen LogP contribution < -0.4 is 11.1 Å². The van der Waals surface area contributed by atoms with Gasteiger partial charge in [0.1, 0.15) is 17.7 Å². The van der Waals surface area contributed by atoms with Crippen LogP contribution in [0.15, 0.2) is 36.4 Å². The maximum absolute atomic E-state index is 13.1. The molecule has 1 aromatic heterocycles. The molecule has 1 aromatic carbocycles. The fourth-order valence-electron chi connectivity index (χ4n) is 1.72. The van der Waals surface area contributed by atoms with E-state index in [1.54, 1.807) is 18.2 Å². The summed E-state index contributed by atoms with van der Waals surface area (Å²) < 4.78 is 13.1. The zero-order chi connectivity index (χ0) is 13.8. The van der Waals surface area contributed by atoms with E-state index in [0.29, 0.717) is 11.5 Å². The lowest BCUT2D eigenvalue weighted by Gasteiger charge is -2.15. The van der Waals surface area contributed by atoms with Gasteiger partial charge in [0.25, 0.3) is 0 Å². The Labute approximate surface area is 110 Å². The molecular weight excluding hydrogens is 243 g/mol. The van der Waals surface area contributed by atoms with E-state index in [2.05, 4.69) is 10.3 Å². The molecular formula is C14H13FN4. The maximum atomic E-state index is 13.1. The molecule has 0 fully saturated rings. The fraction of sp³-hybridized carbons (Fsp3) is 0.143. The molecule has 2 rings (SSSR count). The molecule has 0 aliphatic rings. The number of benzene rings is 1. The van der Waals surface area contributed by atoms with E-state index in [1.807, 2.05) is 19.1 Å². The first-order valence-corrected chi connectivity index (χ1v) is 5.79. The number of nitrogens with one attached hydrogen (secondary N) is 1. The molecule has 1 heterocycles. The van der Waals surface area contributed by atoms with E-state index in [4.69, 9.17) is 11.0 Å². The third-order valence-corrected chi connectivity index (χ3v) is 2.75. The predicted octanol–water partition coefficient (Wildman–Crippen LogP) is 2.85. The molecule has 1 unspecified atom stereocenters. The quantitative estimate of drug-likeness (QED) is 0.885. The SMILES string of the molecule is CC(Nc1ccc(N)c(C#N)n1)c1cccc(F)c1. The third-order valence-electron chi connectivity index (χ3n) is 2.75. The van der Waals surface area contributed by atoms with Crippen LogP contribution in [0, 0.1) is 17.1 Å². The summed E-state index contributed by atoms with van der Waals surface area (Å²) >= 11 is 0. The van der Waals surface area contributed by atoms with Gasteiger partial charge in [-0.25, -0.2) is 9.37 Å². The van der Waals surface area contributed by atoms with Crippen molar-refractivity contribution in [1.82, 2.24) is 4.98 Å². The largest absolute Gasteiger partial charge is 0.396 e. The average molecular weight is 256 g/mol. The molecule has 0 bridgehead atoms. The number of pyridine rings is 1. The van der Waals surface area contributed by atoms with Gasteiger partial charge in [-0.1, -0.05) is 12.1 Å². The Bertz CT molecular complexity index is 634. The molecule has 3 N–H and O–H groups in total. The van der Waals surface area contributed by atoms with E-state index in [0.717, 1.165) is 5.56 Å². The standard InChI is InChI=1S/C14H13FN4/c1-9(10-3-2-4-11(15)7-10)18-14-6-5-12(17)13(8-16)19-14/h2-7,9H,17H2,1H3,(H,18,19). The van der Waals surface area contributed by atoms with E-state index in [9.17, 15) is 4.39 Å². The van der Waals surface area contributed by atoms with Crippen LogP contribution in [0.3, 0.4) is 0 Å². The summed E-state index contributed by atoms with van der Waals surface area (Å²) in [6.45, 7) is 1.89. The lowest BCUT2D eigenvalue weighted by atomic mass is 10.1. The molecule has 2 aromatic rings. The van der Waals surface area contributed by atoms with Crippen molar-refractivity contribution in [2.24, 2.45) is 0 Å². The topological polar surface area (TPSA) is 74.7 Å². The molecule has 0 saturated heterocycles. The van der Waals surface area contributed by atoms with Crippen LogP contribution in [0.4, 0.5) is 15.9 Å². The molecule has 4 nitrogen and oxygen atoms in total. The van der Waals surface area contributed by atoms with E-state index < -0.39 is 0 Å². The molecule has 19 heavy (non-hydrogen) atoms. The molecule has 0 spiro atoms. The van der Waals surface area contributed by atoms with Crippen molar-refractivity contribution in [1.29, 1.82) is 5.26 Å². The zero-order valence-corrected chi connectivity index (χ0v) is 10.4. The van der Waals surface area contributed by atoms with Crippen LogP contribution >= 0.6 is 0 Å². The van der Waals surface area contributed by atoms with E-state index in [1.165, 1.54) is 12.1 Å². The van der Waals surface area contributed by atoms with E-state index in [-0.39, 0.29) is 17.6 Å². The zero-order valence-electron chi connectivity index (χ0n) is 10.4. The highest BCUT2D eigenvalue weighted by Gasteiger charge is 2.08. The van der Waals surface area contributed by atoms with Gasteiger partial charge in [-0.05, 0) is 36.8 Å². The summed E-state index contributed by atoms with van der Waals surface area (Å²) in [6, 6.07) is 11.4. The van der Waals surface area contributed by atoms with Gasteiger partial charge in [0, 0.05) is 0 Å². The lowest BCUT2D eigenvalue weighted by Crippen LogP contribution is -2.09. The summed E-state index contributed by atoms with van der Waals surface area (Å²) in [7, 11) is 0. The first-order chi connectivity index (χ1) is 9.10. The van der Waals surface area contributed by atoms with Gasteiger partial charge in [0.15, 0.2) is 5.69 Å². The fourth-order valence-corrected chi connectivity index (χ4v) is 1.72. The third kappa shape index (κ3) is 2.99. The summed E-state index contributed by atoms with van der Waals surface area (Å²) in [5.74, 6) is 0.247. The van der Waals surface area contributed by atoms with Crippen molar-refractivity contribution in [2.45, 2.75) is 13.0 Å². The summed E-state index contributed by atoms with van der Waals surface area (Å²) in [5.41, 5.74) is 6.92. The van der Waals surface area contributed by atoms with Crippen molar-refractivity contribution in [3.8, 4) is 6.07 Å². The van der Waals surface area contributed by atoms with Gasteiger partial charge in [0.2, 0.25) is 0 Å². The first-order valence-electron chi connectivity index (χ1n) is 5.79. The first kappa shape index (κ1) is 12.8. The molecule has 0 aliphatic heterocycles. The number of anilines is 2. The number of nitriles is 1. The highest BCUT2D eigenvalue weighted by Crippen LogP contribution is 2.20. The Kier molecular flexibility index (Phi) is 3.62. The second-order valence-corrected chi connectivity index (χ2v) is 4.17. The Morgan fingerprint density at radius 1 is 1.37 bits per heavy atom. The second-order valence-electron chi connectivity index (χ2n) is 4.17. The molecule has 0 saturated carbocycles. The number of hydrogen-bond donors (Lipinski definition) is 2. The Balaban J connectivity index is 2.20. The van der Waals surface area contributed by atoms with Crippen molar-refractivity contribution in [3.63, 3.8) is 0 Å². The van der Waals surface area contributed by atoms with Gasteiger partial charge in [-0.3, -0.25) is 0 Å². The number of nitrogens with two attached hydrogens (primary N) is 1. The lowest BCUT2D eigenvalue weighted by molar-refractivity contribution is 0.623. The second kappa shape index (κ2) is 5.36. The van der Waals surface area contributed by atoms with Crippen LogP contribution in [0.5, 0.6) is 0 Å². The van der Waals surface area contributed by atoms with Crippen molar-refractivity contribution < 1.29 is 4.39 Å². The minimum absolute atomic E-state index is 0.127. The van der Waals surface area contributed by atoms with Gasteiger partial charge in [-0.2, -0.15) is 5.26 Å². The Morgan fingerprint density at radius 2 is 2.16 bits per heavy atom. The number of hydrogen-bond acceptors (Lipinski definition) is 4. The minimum atomic E-state index is -0.283. The number of aromatic nitrogens is 1. The summed E-state index contributed by atoms with van der Waals surface area (Å²) in [5, 5.41) is 12.0. The normalized spacial score (nSPS) is 11.6. The van der Waals surface area contributed by atoms with Crippen molar-refractivity contribution in [3.05, 3.63) is 53.5 Å². The van der Waals surface area contributed by atoms with Crippen LogP contribution in [0.25, 0.3) is 0 Å². The van der Waals surface area contributed by atoms with Gasteiger partial charge in [0.05, 0.1) is 11.7 Å². The van der Waals surface area contributed by atoms with Crippen LogP contribution in [-0.4, -0.2) is 4.98 Å². The number of halogens is 1. The maximum Gasteiger partial charge on any atom is 0.165 e. The Morgan fingerprint density at radius 3 is 2.84 bits per heavy atom. The molecule has 0 aliphatic carbocycles. The monoisotopic (exact) mass is 256 g/mol. The molecule has 5 heteroatoms. The van der Waals surface area contributed by atoms with Crippen molar-refractivity contribution in [2.75, 3.05) is 11.1 Å². The molecule has 0 radical (unpaired) electrons. The summed E-state index contributed by atoms with van der Waals surface area (Å²) in [4.78, 5) is 4.09. The van der Waals surface area contributed by atoms with Crippen LogP contribution in [-0.2, 0) is 0 Å². The summed E-state index contributed by atoms with van der Waals surface area (Å²) in [6.07, 6.45) is 0. The van der Waals surface area contributed by atoms with Gasteiger partial charge < -0.3 is 11.1 Å². The highest BCUT2D eigenvalue weighted by molar-refractivity contribution is 5.55. The van der Waals surface area contributed by atoms with Crippen LogP contribution in [0.2, 0.25) is 0 Å². The Hall–Kier alpha value is -2.61. The molecule has 96 valence electrons. The van der Waals surface area contributed by atoms with Gasteiger partial charge >= 0.3 is 0 Å². The minimum Gasteiger partial charge on any atom is -0.396 e. The molecule has 0 amide bonds. The van der Waals surface area contributed by atoms with E-state index >= 15 is 0 Å². The van der Waals surface area contributed by atoms with Crippen molar-refractivity contribution >= 4 is 11.5 Å². The smallest absolute Gasteiger partial charge is 0.165 e.